The van der Waals surface area contributed by atoms with Crippen molar-refractivity contribution < 1.29 is 19.8 Å². The van der Waals surface area contributed by atoms with E-state index in [1.54, 1.807) is 12.3 Å². The molecular formula is C12H16N2O4. The van der Waals surface area contributed by atoms with Gasteiger partial charge in [0, 0.05) is 19.2 Å². The van der Waals surface area contributed by atoms with E-state index in [1.807, 2.05) is 13.0 Å². The van der Waals surface area contributed by atoms with E-state index in [2.05, 4.69) is 10.3 Å². The lowest BCUT2D eigenvalue weighted by molar-refractivity contribution is -0.147. The standard InChI is InChI=1S/C12H16N2O4/c1-8-3-2-5-13-9(8)7-11(16)14-6-4-10(15)12(17)18/h2-3,5,10,15H,4,6-7H2,1H3,(H,14,16)(H,17,18). The molecule has 1 amide bonds. The molecule has 0 saturated heterocycles. The summed E-state index contributed by atoms with van der Waals surface area (Å²) in [6.45, 7) is 1.99. The smallest absolute Gasteiger partial charge is 0.332 e. The first-order chi connectivity index (χ1) is 8.50. The zero-order valence-corrected chi connectivity index (χ0v) is 10.1. The number of aliphatic carboxylic acids is 1. The molecule has 0 radical (unpaired) electrons. The molecule has 1 rings (SSSR count). The molecule has 0 aromatic carbocycles. The van der Waals surface area contributed by atoms with Gasteiger partial charge < -0.3 is 15.5 Å². The summed E-state index contributed by atoms with van der Waals surface area (Å²) in [5.74, 6) is -1.53. The second-order valence-corrected chi connectivity index (χ2v) is 3.94. The SMILES string of the molecule is Cc1cccnc1CC(=O)NCCC(O)C(=O)O. The number of carbonyl (C=O) groups excluding carboxylic acids is 1. The van der Waals surface area contributed by atoms with Crippen molar-refractivity contribution in [1.29, 1.82) is 0 Å². The molecular weight excluding hydrogens is 236 g/mol. The highest BCUT2D eigenvalue weighted by Crippen LogP contribution is 2.03. The van der Waals surface area contributed by atoms with Gasteiger partial charge in [-0.3, -0.25) is 9.78 Å². The van der Waals surface area contributed by atoms with Gasteiger partial charge in [0.2, 0.25) is 5.91 Å². The highest BCUT2D eigenvalue weighted by atomic mass is 16.4. The van der Waals surface area contributed by atoms with Crippen LogP contribution in [0.15, 0.2) is 18.3 Å². The first kappa shape index (κ1) is 14.1. The Morgan fingerprint density at radius 1 is 1.50 bits per heavy atom. The molecule has 98 valence electrons. The Balaban J connectivity index is 2.35. The summed E-state index contributed by atoms with van der Waals surface area (Å²) in [5.41, 5.74) is 1.62. The number of aliphatic hydroxyl groups excluding tert-OH is 1. The van der Waals surface area contributed by atoms with Gasteiger partial charge >= 0.3 is 5.97 Å². The Labute approximate surface area is 105 Å². The number of carboxylic acids is 1. The number of nitrogens with one attached hydrogen (secondary N) is 1. The number of carbonyl (C=O) groups is 2. The van der Waals surface area contributed by atoms with Crippen LogP contribution in [-0.4, -0.2) is 39.7 Å². The Hall–Kier alpha value is -1.95. The van der Waals surface area contributed by atoms with E-state index in [-0.39, 0.29) is 25.3 Å². The lowest BCUT2D eigenvalue weighted by Gasteiger charge is -2.08. The predicted octanol–water partition coefficient (Wildman–Crippen LogP) is -0.116. The van der Waals surface area contributed by atoms with Gasteiger partial charge in [-0.2, -0.15) is 0 Å². The number of aliphatic hydroxyl groups is 1. The first-order valence-electron chi connectivity index (χ1n) is 5.58. The van der Waals surface area contributed by atoms with Crippen molar-refractivity contribution in [1.82, 2.24) is 10.3 Å². The van der Waals surface area contributed by atoms with E-state index in [9.17, 15) is 9.59 Å². The molecule has 6 heteroatoms. The maximum atomic E-state index is 11.5. The fraction of sp³-hybridized carbons (Fsp3) is 0.417. The van der Waals surface area contributed by atoms with Gasteiger partial charge in [-0.15, -0.1) is 0 Å². The number of carboxylic acid groups (broad SMARTS) is 1. The third kappa shape index (κ3) is 4.50. The Morgan fingerprint density at radius 2 is 2.22 bits per heavy atom. The van der Waals surface area contributed by atoms with Crippen LogP contribution in [0.25, 0.3) is 0 Å². The van der Waals surface area contributed by atoms with Gasteiger partial charge in [0.15, 0.2) is 6.10 Å². The molecule has 0 aliphatic rings. The summed E-state index contributed by atoms with van der Waals surface area (Å²) in [6, 6.07) is 3.66. The minimum Gasteiger partial charge on any atom is -0.479 e. The van der Waals surface area contributed by atoms with E-state index in [4.69, 9.17) is 10.2 Å². The Kier molecular flexibility index (Phi) is 5.26. The zero-order chi connectivity index (χ0) is 13.5. The fourth-order valence-electron chi connectivity index (χ4n) is 1.39. The van der Waals surface area contributed by atoms with Crippen LogP contribution < -0.4 is 5.32 Å². The van der Waals surface area contributed by atoms with Crippen LogP contribution in [0.2, 0.25) is 0 Å². The monoisotopic (exact) mass is 252 g/mol. The molecule has 1 atom stereocenters. The van der Waals surface area contributed by atoms with Crippen LogP contribution in [-0.2, 0) is 16.0 Å². The molecule has 6 nitrogen and oxygen atoms in total. The van der Waals surface area contributed by atoms with Crippen LogP contribution in [0.3, 0.4) is 0 Å². The lowest BCUT2D eigenvalue weighted by atomic mass is 10.1. The number of aryl methyl sites for hydroxylation is 1. The predicted molar refractivity (Wildman–Crippen MR) is 63.9 cm³/mol. The molecule has 1 aromatic rings. The number of pyridine rings is 1. The molecule has 0 fully saturated rings. The van der Waals surface area contributed by atoms with Crippen molar-refractivity contribution in [2.24, 2.45) is 0 Å². The minimum absolute atomic E-state index is 0.0116. The third-order valence-electron chi connectivity index (χ3n) is 2.47. The highest BCUT2D eigenvalue weighted by Gasteiger charge is 2.13. The first-order valence-corrected chi connectivity index (χ1v) is 5.58. The number of nitrogens with zero attached hydrogens (tertiary/aromatic N) is 1. The van der Waals surface area contributed by atoms with Gasteiger partial charge in [0.05, 0.1) is 12.1 Å². The van der Waals surface area contributed by atoms with E-state index in [0.29, 0.717) is 5.69 Å². The van der Waals surface area contributed by atoms with Crippen molar-refractivity contribution in [3.63, 3.8) is 0 Å². The molecule has 1 unspecified atom stereocenters. The molecule has 18 heavy (non-hydrogen) atoms. The summed E-state index contributed by atoms with van der Waals surface area (Å²) in [4.78, 5) is 26.0. The van der Waals surface area contributed by atoms with Crippen molar-refractivity contribution in [3.05, 3.63) is 29.6 Å². The van der Waals surface area contributed by atoms with Gasteiger partial charge in [0.25, 0.3) is 0 Å². The Morgan fingerprint density at radius 3 is 2.83 bits per heavy atom. The van der Waals surface area contributed by atoms with E-state index in [1.165, 1.54) is 0 Å². The van der Waals surface area contributed by atoms with Crippen molar-refractivity contribution in [2.45, 2.75) is 25.9 Å². The topological polar surface area (TPSA) is 99.5 Å². The van der Waals surface area contributed by atoms with Gasteiger partial charge in [-0.25, -0.2) is 4.79 Å². The molecule has 0 bridgehead atoms. The number of amides is 1. The van der Waals surface area contributed by atoms with Crippen LogP contribution in [0.4, 0.5) is 0 Å². The van der Waals surface area contributed by atoms with Gasteiger partial charge in [-0.1, -0.05) is 6.07 Å². The quantitative estimate of drug-likeness (QED) is 0.655. The second-order valence-electron chi connectivity index (χ2n) is 3.94. The second kappa shape index (κ2) is 6.70. The van der Waals surface area contributed by atoms with Crippen LogP contribution in [0.5, 0.6) is 0 Å². The number of aromatic nitrogens is 1. The molecule has 1 aromatic heterocycles. The molecule has 0 spiro atoms. The lowest BCUT2D eigenvalue weighted by Crippen LogP contribution is -2.31. The summed E-state index contributed by atoms with van der Waals surface area (Å²) >= 11 is 0. The van der Waals surface area contributed by atoms with Crippen molar-refractivity contribution in [2.75, 3.05) is 6.54 Å². The molecule has 1 heterocycles. The fourth-order valence-corrected chi connectivity index (χ4v) is 1.39. The van der Waals surface area contributed by atoms with Crippen molar-refractivity contribution >= 4 is 11.9 Å². The largest absolute Gasteiger partial charge is 0.479 e. The highest BCUT2D eigenvalue weighted by molar-refractivity contribution is 5.78. The summed E-state index contributed by atoms with van der Waals surface area (Å²) in [7, 11) is 0. The zero-order valence-electron chi connectivity index (χ0n) is 10.1. The molecule has 0 aliphatic heterocycles. The maximum absolute atomic E-state index is 11.5. The third-order valence-corrected chi connectivity index (χ3v) is 2.47. The molecule has 0 saturated carbocycles. The maximum Gasteiger partial charge on any atom is 0.332 e. The van der Waals surface area contributed by atoms with Gasteiger partial charge in [-0.05, 0) is 18.6 Å². The van der Waals surface area contributed by atoms with Crippen LogP contribution >= 0.6 is 0 Å². The number of hydrogen-bond acceptors (Lipinski definition) is 4. The van der Waals surface area contributed by atoms with E-state index in [0.717, 1.165) is 5.56 Å². The molecule has 0 aliphatic carbocycles. The summed E-state index contributed by atoms with van der Waals surface area (Å²) in [6.07, 6.45) is 0.309. The van der Waals surface area contributed by atoms with E-state index >= 15 is 0 Å². The summed E-state index contributed by atoms with van der Waals surface area (Å²) in [5, 5.41) is 20.0. The molecule has 3 N–H and O–H groups in total. The minimum atomic E-state index is -1.44. The summed E-state index contributed by atoms with van der Waals surface area (Å²) < 4.78 is 0. The van der Waals surface area contributed by atoms with Gasteiger partial charge in [0.1, 0.15) is 0 Å². The van der Waals surface area contributed by atoms with E-state index < -0.39 is 12.1 Å². The van der Waals surface area contributed by atoms with Crippen LogP contribution in [0.1, 0.15) is 17.7 Å². The number of hydrogen-bond donors (Lipinski definition) is 3. The average molecular weight is 252 g/mol. The van der Waals surface area contributed by atoms with Crippen LogP contribution in [0, 0.1) is 6.92 Å². The average Bonchev–Trinajstić information content (AvgIpc) is 2.32. The number of rotatable bonds is 6. The Bertz CT molecular complexity index is 434. The van der Waals surface area contributed by atoms with Crippen molar-refractivity contribution in [3.8, 4) is 0 Å². The normalized spacial score (nSPS) is 11.9.